The maximum atomic E-state index is 6.67. The maximum Gasteiger partial charge on any atom is 0.112 e. The van der Waals surface area contributed by atoms with Gasteiger partial charge in [-0.1, -0.05) is 11.6 Å². The molecule has 0 saturated carbocycles. The van der Waals surface area contributed by atoms with Gasteiger partial charge in [0.25, 0.3) is 0 Å². The third-order valence-electron chi connectivity index (χ3n) is 5.54. The molecule has 2 aliphatic rings. The van der Waals surface area contributed by atoms with Crippen LogP contribution in [0.4, 0.5) is 0 Å². The predicted molar refractivity (Wildman–Crippen MR) is 98.7 cm³/mol. The molecule has 2 atom stereocenters. The van der Waals surface area contributed by atoms with E-state index in [1.807, 2.05) is 18.5 Å². The number of rotatable bonds is 1. The molecular weight excluding hydrogens is 334 g/mol. The second-order valence-electron chi connectivity index (χ2n) is 7.38. The van der Waals surface area contributed by atoms with Crippen molar-refractivity contribution in [2.75, 3.05) is 13.6 Å². The molecule has 0 radical (unpaired) electrons. The Morgan fingerprint density at radius 2 is 2.04 bits per heavy atom. The number of ether oxygens (including phenoxy) is 1. The minimum Gasteiger partial charge on any atom is -0.358 e. The van der Waals surface area contributed by atoms with Crippen LogP contribution in [-0.2, 0) is 23.4 Å². The fourth-order valence-corrected chi connectivity index (χ4v) is 4.61. The van der Waals surface area contributed by atoms with Gasteiger partial charge in [0, 0.05) is 41.4 Å². The Labute approximate surface area is 152 Å². The quantitative estimate of drug-likeness (QED) is 0.659. The minimum atomic E-state index is -0.373. The molecule has 0 fully saturated rings. The van der Waals surface area contributed by atoms with E-state index in [-0.39, 0.29) is 11.7 Å². The molecule has 0 saturated heterocycles. The zero-order valence-electron chi connectivity index (χ0n) is 14.4. The fraction of sp³-hybridized carbons (Fsp3) is 0.350. The SMILES string of the molecule is CN1Cc2c3n(c4ccc(Cl)cc24)CC(C)(c2ccncc2)OC3C1. The van der Waals surface area contributed by atoms with E-state index in [0.717, 1.165) is 24.7 Å². The molecule has 3 aromatic rings. The van der Waals surface area contributed by atoms with Crippen LogP contribution in [0.5, 0.6) is 0 Å². The van der Waals surface area contributed by atoms with E-state index in [1.165, 1.54) is 27.7 Å². The lowest BCUT2D eigenvalue weighted by atomic mass is 9.92. The molecule has 2 aromatic heterocycles. The highest BCUT2D eigenvalue weighted by Gasteiger charge is 2.42. The van der Waals surface area contributed by atoms with Crippen LogP contribution in [0.2, 0.25) is 5.02 Å². The summed E-state index contributed by atoms with van der Waals surface area (Å²) in [5.74, 6) is 0. The van der Waals surface area contributed by atoms with Gasteiger partial charge < -0.3 is 9.30 Å². The van der Waals surface area contributed by atoms with Crippen molar-refractivity contribution in [3.05, 3.63) is 64.6 Å². The summed E-state index contributed by atoms with van der Waals surface area (Å²) in [5, 5.41) is 2.04. The zero-order valence-corrected chi connectivity index (χ0v) is 15.1. The Bertz CT molecular complexity index is 968. The Morgan fingerprint density at radius 1 is 1.24 bits per heavy atom. The number of hydrogen-bond donors (Lipinski definition) is 0. The molecule has 0 aliphatic carbocycles. The number of nitrogens with zero attached hydrogens (tertiary/aromatic N) is 3. The van der Waals surface area contributed by atoms with E-state index in [2.05, 4.69) is 52.7 Å². The average molecular weight is 354 g/mol. The summed E-state index contributed by atoms with van der Waals surface area (Å²) in [4.78, 5) is 6.49. The molecule has 128 valence electrons. The van der Waals surface area contributed by atoms with Gasteiger partial charge in [-0.05, 0) is 55.4 Å². The summed E-state index contributed by atoms with van der Waals surface area (Å²) in [7, 11) is 2.15. The van der Waals surface area contributed by atoms with Gasteiger partial charge in [-0.3, -0.25) is 9.88 Å². The maximum absolute atomic E-state index is 6.67. The van der Waals surface area contributed by atoms with Gasteiger partial charge >= 0.3 is 0 Å². The van der Waals surface area contributed by atoms with Crippen LogP contribution >= 0.6 is 11.6 Å². The highest BCUT2D eigenvalue weighted by atomic mass is 35.5. The summed E-state index contributed by atoms with van der Waals surface area (Å²) in [5.41, 5.74) is 4.72. The van der Waals surface area contributed by atoms with Crippen LogP contribution in [0.15, 0.2) is 42.7 Å². The van der Waals surface area contributed by atoms with Crippen LogP contribution in [0, 0.1) is 0 Å². The lowest BCUT2D eigenvalue weighted by molar-refractivity contribution is -0.133. The van der Waals surface area contributed by atoms with Crippen molar-refractivity contribution in [2.24, 2.45) is 0 Å². The highest BCUT2D eigenvalue weighted by Crippen LogP contribution is 2.46. The molecule has 5 rings (SSSR count). The normalized spacial score (nSPS) is 26.0. The van der Waals surface area contributed by atoms with Crippen molar-refractivity contribution in [1.82, 2.24) is 14.5 Å². The molecule has 1 aromatic carbocycles. The third kappa shape index (κ3) is 2.25. The van der Waals surface area contributed by atoms with Gasteiger partial charge in [0.05, 0.1) is 12.2 Å². The first-order valence-electron chi connectivity index (χ1n) is 8.62. The molecule has 0 bridgehead atoms. The van der Waals surface area contributed by atoms with E-state index in [9.17, 15) is 0 Å². The van der Waals surface area contributed by atoms with E-state index < -0.39 is 0 Å². The van der Waals surface area contributed by atoms with Crippen molar-refractivity contribution in [1.29, 1.82) is 0 Å². The number of hydrogen-bond acceptors (Lipinski definition) is 3. The second-order valence-corrected chi connectivity index (χ2v) is 7.82. The molecule has 5 heteroatoms. The molecular formula is C20H20ClN3O. The molecule has 0 amide bonds. The molecule has 0 spiro atoms. The summed E-state index contributed by atoms with van der Waals surface area (Å²) in [6.45, 7) is 4.81. The van der Waals surface area contributed by atoms with Gasteiger partial charge in [-0.15, -0.1) is 0 Å². The first-order valence-corrected chi connectivity index (χ1v) is 9.00. The average Bonchev–Trinajstić information content (AvgIpc) is 2.89. The Hall–Kier alpha value is -1.88. The van der Waals surface area contributed by atoms with Gasteiger partial charge in [0.1, 0.15) is 11.7 Å². The lowest BCUT2D eigenvalue weighted by Crippen LogP contribution is -2.44. The lowest BCUT2D eigenvalue weighted by Gasteiger charge is -2.44. The van der Waals surface area contributed by atoms with Gasteiger partial charge in [-0.2, -0.15) is 0 Å². The standard InChI is InChI=1S/C20H20ClN3O/c1-20(13-5-7-22-8-6-13)12-24-17-4-3-14(21)9-15(17)16-10-23(2)11-18(25-20)19(16)24/h3-9,18H,10-12H2,1-2H3. The fourth-order valence-electron chi connectivity index (χ4n) is 4.43. The Kier molecular flexibility index (Phi) is 3.26. The van der Waals surface area contributed by atoms with Crippen molar-refractivity contribution in [2.45, 2.75) is 31.7 Å². The van der Waals surface area contributed by atoms with Crippen molar-refractivity contribution < 1.29 is 4.74 Å². The molecule has 2 unspecified atom stereocenters. The molecule has 2 aliphatic heterocycles. The molecule has 0 N–H and O–H groups in total. The highest BCUT2D eigenvalue weighted by molar-refractivity contribution is 6.31. The van der Waals surface area contributed by atoms with Crippen molar-refractivity contribution in [3.8, 4) is 0 Å². The zero-order chi connectivity index (χ0) is 17.2. The number of pyridine rings is 1. The van der Waals surface area contributed by atoms with Gasteiger partial charge in [0.15, 0.2) is 0 Å². The summed E-state index contributed by atoms with van der Waals surface area (Å²) in [6.07, 6.45) is 3.74. The summed E-state index contributed by atoms with van der Waals surface area (Å²) in [6, 6.07) is 10.3. The Morgan fingerprint density at radius 3 is 2.84 bits per heavy atom. The summed E-state index contributed by atoms with van der Waals surface area (Å²) < 4.78 is 9.12. The predicted octanol–water partition coefficient (Wildman–Crippen LogP) is 4.12. The van der Waals surface area contributed by atoms with E-state index >= 15 is 0 Å². The number of halogens is 1. The molecule has 4 heterocycles. The first-order chi connectivity index (χ1) is 12.0. The number of benzene rings is 1. The Balaban J connectivity index is 1.75. The van der Waals surface area contributed by atoms with E-state index in [0.29, 0.717) is 0 Å². The molecule has 4 nitrogen and oxygen atoms in total. The second kappa shape index (κ2) is 5.31. The van der Waals surface area contributed by atoms with Crippen molar-refractivity contribution >= 4 is 22.5 Å². The topological polar surface area (TPSA) is 30.3 Å². The summed E-state index contributed by atoms with van der Waals surface area (Å²) >= 11 is 6.29. The van der Waals surface area contributed by atoms with Crippen LogP contribution in [-0.4, -0.2) is 28.0 Å². The van der Waals surface area contributed by atoms with Crippen LogP contribution in [0.25, 0.3) is 10.9 Å². The van der Waals surface area contributed by atoms with Crippen LogP contribution in [0.3, 0.4) is 0 Å². The van der Waals surface area contributed by atoms with Crippen LogP contribution in [0.1, 0.15) is 29.8 Å². The van der Waals surface area contributed by atoms with E-state index in [4.69, 9.17) is 16.3 Å². The number of aromatic nitrogens is 2. The smallest absolute Gasteiger partial charge is 0.112 e. The molecule has 25 heavy (non-hydrogen) atoms. The number of likely N-dealkylation sites (N-methyl/N-ethyl adjacent to an activating group) is 1. The number of fused-ring (bicyclic) bond motifs is 3. The largest absolute Gasteiger partial charge is 0.358 e. The van der Waals surface area contributed by atoms with Gasteiger partial charge in [0.2, 0.25) is 0 Å². The van der Waals surface area contributed by atoms with Gasteiger partial charge in [-0.25, -0.2) is 0 Å². The van der Waals surface area contributed by atoms with E-state index in [1.54, 1.807) is 0 Å². The van der Waals surface area contributed by atoms with Crippen LogP contribution < -0.4 is 0 Å². The van der Waals surface area contributed by atoms with Crippen molar-refractivity contribution in [3.63, 3.8) is 0 Å². The third-order valence-corrected chi connectivity index (χ3v) is 5.77. The monoisotopic (exact) mass is 353 g/mol. The minimum absolute atomic E-state index is 0.0619. The first kappa shape index (κ1) is 15.4.